The van der Waals surface area contributed by atoms with E-state index >= 15 is 0 Å². The molecule has 0 aromatic carbocycles. The molecule has 0 aromatic rings. The molecule has 0 saturated heterocycles. The molecular weight excluding hydrogens is 292 g/mol. The zero-order valence-electron chi connectivity index (χ0n) is 11.8. The highest BCUT2D eigenvalue weighted by molar-refractivity contribution is 7.80. The third kappa shape index (κ3) is 9.49. The summed E-state index contributed by atoms with van der Waals surface area (Å²) in [7, 11) is -7.01. The quantitative estimate of drug-likeness (QED) is 0.332. The molecule has 1 N–H and O–H groups in total. The molecule has 0 rings (SSSR count). The van der Waals surface area contributed by atoms with Crippen molar-refractivity contribution in [3.8, 4) is 0 Å². The summed E-state index contributed by atoms with van der Waals surface area (Å²) in [6.45, 7) is 7.09. The topological polar surface area (TPSA) is 91.3 Å². The van der Waals surface area contributed by atoms with E-state index in [0.29, 0.717) is 38.7 Å². The highest BCUT2D eigenvalue weighted by atomic mass is 32.3. The summed E-state index contributed by atoms with van der Waals surface area (Å²) in [6, 6.07) is 0.595. The van der Waals surface area contributed by atoms with Crippen molar-refractivity contribution in [1.29, 1.82) is 0 Å². The molecule has 0 bridgehead atoms. The molecule has 0 saturated carbocycles. The maximum absolute atomic E-state index is 10.4. The van der Waals surface area contributed by atoms with Crippen molar-refractivity contribution in [3.05, 3.63) is 0 Å². The Morgan fingerprint density at radius 3 is 1.79 bits per heavy atom. The molecule has 0 amide bonds. The van der Waals surface area contributed by atoms with Gasteiger partial charge in [-0.15, -0.1) is 0 Å². The molecule has 0 atom stereocenters. The number of rotatable bonds is 12. The summed E-state index contributed by atoms with van der Waals surface area (Å²) >= 11 is 0. The zero-order valence-corrected chi connectivity index (χ0v) is 13.6. The summed E-state index contributed by atoms with van der Waals surface area (Å²) < 4.78 is 50.3. The molecular formula is C10H24O7SSi. The molecule has 9 heteroatoms. The van der Waals surface area contributed by atoms with Crippen molar-refractivity contribution in [3.63, 3.8) is 0 Å². The van der Waals surface area contributed by atoms with Gasteiger partial charge in [-0.1, -0.05) is 0 Å². The summed E-state index contributed by atoms with van der Waals surface area (Å²) in [4.78, 5) is 0. The second-order valence-corrected chi connectivity index (χ2v) is 7.51. The fourth-order valence-electron chi connectivity index (χ4n) is 1.61. The minimum absolute atomic E-state index is 0.0618. The van der Waals surface area contributed by atoms with E-state index in [2.05, 4.69) is 4.18 Å². The Hall–Kier alpha value is -0.0331. The smallest absolute Gasteiger partial charge is 0.374 e. The van der Waals surface area contributed by atoms with E-state index in [4.69, 9.17) is 17.8 Å². The number of hydrogen-bond acceptors (Lipinski definition) is 6. The third-order valence-electron chi connectivity index (χ3n) is 2.20. The lowest BCUT2D eigenvalue weighted by molar-refractivity contribution is 0.0704. The van der Waals surface area contributed by atoms with Crippen LogP contribution in [0.15, 0.2) is 0 Å². The van der Waals surface area contributed by atoms with Crippen molar-refractivity contribution >= 4 is 19.2 Å². The standard InChI is InChI=1S/C10H24O7SSi/c1-4-15-19(16-5-2,17-6-3)10-8-7-9-14-18(11,12)13/h4-10H2,1-3H3,(H,11,12,13). The van der Waals surface area contributed by atoms with Gasteiger partial charge in [-0.05, 0) is 33.6 Å². The Morgan fingerprint density at radius 2 is 1.42 bits per heavy atom. The molecule has 0 aromatic heterocycles. The molecule has 0 heterocycles. The monoisotopic (exact) mass is 316 g/mol. The highest BCUT2D eigenvalue weighted by Crippen LogP contribution is 2.19. The van der Waals surface area contributed by atoms with E-state index in [1.165, 1.54) is 0 Å². The molecule has 0 unspecified atom stereocenters. The molecule has 7 nitrogen and oxygen atoms in total. The van der Waals surface area contributed by atoms with Gasteiger partial charge in [0.05, 0.1) is 6.61 Å². The minimum atomic E-state index is -4.35. The first-order valence-corrected chi connectivity index (χ1v) is 9.72. The van der Waals surface area contributed by atoms with Crippen LogP contribution in [-0.2, 0) is 27.9 Å². The molecule has 0 fully saturated rings. The van der Waals surface area contributed by atoms with Gasteiger partial charge in [0.1, 0.15) is 0 Å². The molecule has 0 spiro atoms. The summed E-state index contributed by atoms with van der Waals surface area (Å²) in [6.07, 6.45) is 1.11. The summed E-state index contributed by atoms with van der Waals surface area (Å²) in [5, 5.41) is 0. The Labute approximate surface area is 116 Å². The Balaban J connectivity index is 4.17. The second kappa shape index (κ2) is 9.81. The largest absolute Gasteiger partial charge is 0.500 e. The average Bonchev–Trinajstić information content (AvgIpc) is 2.28. The van der Waals surface area contributed by atoms with E-state index in [1.807, 2.05) is 20.8 Å². The van der Waals surface area contributed by atoms with E-state index < -0.39 is 19.2 Å². The molecule has 0 aliphatic heterocycles. The van der Waals surface area contributed by atoms with E-state index in [-0.39, 0.29) is 6.61 Å². The first-order chi connectivity index (χ1) is 8.89. The van der Waals surface area contributed by atoms with Gasteiger partial charge in [0.25, 0.3) is 0 Å². The predicted octanol–water partition coefficient (Wildman–Crippen LogP) is 1.63. The first kappa shape index (κ1) is 19.0. The minimum Gasteiger partial charge on any atom is -0.374 e. The predicted molar refractivity (Wildman–Crippen MR) is 72.2 cm³/mol. The van der Waals surface area contributed by atoms with E-state index in [0.717, 1.165) is 0 Å². The fraction of sp³-hybridized carbons (Fsp3) is 1.00. The van der Waals surface area contributed by atoms with Crippen LogP contribution in [0.25, 0.3) is 0 Å². The first-order valence-electron chi connectivity index (χ1n) is 6.42. The number of hydrogen-bond donors (Lipinski definition) is 1. The Bertz CT molecular complexity index is 303. The Morgan fingerprint density at radius 1 is 0.947 bits per heavy atom. The van der Waals surface area contributed by atoms with Crippen LogP contribution < -0.4 is 0 Å². The molecule has 0 aliphatic carbocycles. The van der Waals surface area contributed by atoms with Gasteiger partial charge in [0.2, 0.25) is 0 Å². The second-order valence-electron chi connectivity index (χ2n) is 3.69. The van der Waals surface area contributed by atoms with Crippen molar-refractivity contribution in [2.45, 2.75) is 39.7 Å². The van der Waals surface area contributed by atoms with Crippen LogP contribution in [0.5, 0.6) is 0 Å². The van der Waals surface area contributed by atoms with Crippen LogP contribution in [0, 0.1) is 0 Å². The van der Waals surface area contributed by atoms with E-state index in [9.17, 15) is 8.42 Å². The number of unbranched alkanes of at least 4 members (excludes halogenated alkanes) is 1. The maximum atomic E-state index is 10.4. The molecule has 19 heavy (non-hydrogen) atoms. The fourth-order valence-corrected chi connectivity index (χ4v) is 4.62. The van der Waals surface area contributed by atoms with E-state index in [1.54, 1.807) is 0 Å². The lowest BCUT2D eigenvalue weighted by Crippen LogP contribution is -2.45. The van der Waals surface area contributed by atoms with Crippen molar-refractivity contribution in [1.82, 2.24) is 0 Å². The highest BCUT2D eigenvalue weighted by Gasteiger charge is 2.39. The SMILES string of the molecule is CCO[Si](CCCCOS(=O)(=O)O)(OCC)OCC. The molecule has 116 valence electrons. The van der Waals surface area contributed by atoms with Crippen molar-refractivity contribution in [2.75, 3.05) is 26.4 Å². The van der Waals surface area contributed by atoms with Crippen LogP contribution in [0.3, 0.4) is 0 Å². The van der Waals surface area contributed by atoms with Gasteiger partial charge in [0.15, 0.2) is 0 Å². The Kier molecular flexibility index (Phi) is 9.79. The van der Waals surface area contributed by atoms with Gasteiger partial charge in [-0.2, -0.15) is 8.42 Å². The third-order valence-corrected chi connectivity index (χ3v) is 5.82. The van der Waals surface area contributed by atoms with Crippen LogP contribution >= 0.6 is 0 Å². The van der Waals surface area contributed by atoms with Crippen LogP contribution in [0.1, 0.15) is 33.6 Å². The molecule has 0 aliphatic rings. The van der Waals surface area contributed by atoms with Gasteiger partial charge >= 0.3 is 19.2 Å². The van der Waals surface area contributed by atoms with Gasteiger partial charge < -0.3 is 13.3 Å². The lowest BCUT2D eigenvalue weighted by Gasteiger charge is -2.28. The van der Waals surface area contributed by atoms with Gasteiger partial charge in [-0.3, -0.25) is 4.55 Å². The van der Waals surface area contributed by atoms with Crippen molar-refractivity contribution < 1.29 is 30.4 Å². The van der Waals surface area contributed by atoms with Gasteiger partial charge in [-0.25, -0.2) is 4.18 Å². The van der Waals surface area contributed by atoms with Crippen LogP contribution in [0.2, 0.25) is 6.04 Å². The van der Waals surface area contributed by atoms with Crippen molar-refractivity contribution in [2.24, 2.45) is 0 Å². The summed E-state index contributed by atoms with van der Waals surface area (Å²) in [5.74, 6) is 0. The average molecular weight is 316 g/mol. The van der Waals surface area contributed by atoms with Crippen LogP contribution in [-0.4, -0.2) is 48.2 Å². The summed E-state index contributed by atoms with van der Waals surface area (Å²) in [5.41, 5.74) is 0. The molecule has 0 radical (unpaired) electrons. The normalized spacial score (nSPS) is 12.8. The lowest BCUT2D eigenvalue weighted by atomic mass is 10.4. The van der Waals surface area contributed by atoms with Gasteiger partial charge in [0, 0.05) is 25.9 Å². The maximum Gasteiger partial charge on any atom is 0.500 e. The zero-order chi connectivity index (χ0) is 14.8. The van der Waals surface area contributed by atoms with Crippen LogP contribution in [0.4, 0.5) is 0 Å².